The zero-order chi connectivity index (χ0) is 19.0. The normalized spacial score (nSPS) is 20.1. The first-order valence-corrected chi connectivity index (χ1v) is 9.53. The highest BCUT2D eigenvalue weighted by Crippen LogP contribution is 2.26. The first-order valence-electron chi connectivity index (χ1n) is 9.53. The van der Waals surface area contributed by atoms with Gasteiger partial charge >= 0.3 is 0 Å². The standard InChI is InChI=1S/C22H24N2O3/c1-15-7-5-8-16(2)24(15)21(25)14-23-13-18(17-9-3-4-10-19(17)23)22(26)20-11-6-12-27-20/h3-4,6,9-13,15-16H,5,7-8,14H2,1-2H3/t15-,16-/m1/s1. The lowest BCUT2D eigenvalue weighted by atomic mass is 9.97. The minimum Gasteiger partial charge on any atom is -0.461 e. The quantitative estimate of drug-likeness (QED) is 0.650. The molecule has 5 nitrogen and oxygen atoms in total. The number of hydrogen-bond acceptors (Lipinski definition) is 3. The third kappa shape index (κ3) is 3.18. The van der Waals surface area contributed by atoms with Crippen LogP contribution in [0.4, 0.5) is 0 Å². The van der Waals surface area contributed by atoms with Crippen LogP contribution in [-0.4, -0.2) is 33.2 Å². The van der Waals surface area contributed by atoms with E-state index in [2.05, 4.69) is 13.8 Å². The molecule has 1 saturated heterocycles. The Labute approximate surface area is 158 Å². The van der Waals surface area contributed by atoms with Crippen molar-refractivity contribution < 1.29 is 14.0 Å². The minimum absolute atomic E-state index is 0.104. The maximum absolute atomic E-state index is 13.0. The Morgan fingerprint density at radius 1 is 1.07 bits per heavy atom. The summed E-state index contributed by atoms with van der Waals surface area (Å²) in [5.41, 5.74) is 1.45. The van der Waals surface area contributed by atoms with Crippen molar-refractivity contribution in [1.82, 2.24) is 9.47 Å². The number of benzene rings is 1. The number of piperidine rings is 1. The van der Waals surface area contributed by atoms with Crippen molar-refractivity contribution >= 4 is 22.6 Å². The molecule has 1 aromatic carbocycles. The molecule has 1 aliphatic heterocycles. The topological polar surface area (TPSA) is 55.5 Å². The predicted molar refractivity (Wildman–Crippen MR) is 104 cm³/mol. The molecule has 4 rings (SSSR count). The summed E-state index contributed by atoms with van der Waals surface area (Å²) in [6.07, 6.45) is 6.54. The number of nitrogens with zero attached hydrogens (tertiary/aromatic N) is 2. The Hall–Kier alpha value is -2.82. The van der Waals surface area contributed by atoms with Crippen molar-refractivity contribution in [3.8, 4) is 0 Å². The summed E-state index contributed by atoms with van der Waals surface area (Å²) >= 11 is 0. The fourth-order valence-electron chi connectivity index (χ4n) is 4.24. The highest BCUT2D eigenvalue weighted by atomic mass is 16.3. The summed E-state index contributed by atoms with van der Waals surface area (Å²) in [6.45, 7) is 4.47. The van der Waals surface area contributed by atoms with Crippen molar-refractivity contribution in [2.45, 2.75) is 51.7 Å². The third-order valence-electron chi connectivity index (χ3n) is 5.57. The van der Waals surface area contributed by atoms with E-state index in [1.807, 2.05) is 33.7 Å². The number of ketones is 1. The molecule has 2 atom stereocenters. The van der Waals surface area contributed by atoms with Gasteiger partial charge in [0.2, 0.25) is 11.7 Å². The maximum Gasteiger partial charge on any atom is 0.242 e. The summed E-state index contributed by atoms with van der Waals surface area (Å²) in [5, 5.41) is 0.839. The zero-order valence-corrected chi connectivity index (χ0v) is 15.7. The van der Waals surface area contributed by atoms with Crippen molar-refractivity contribution in [3.63, 3.8) is 0 Å². The van der Waals surface area contributed by atoms with E-state index in [1.54, 1.807) is 18.3 Å². The molecule has 2 aromatic heterocycles. The minimum atomic E-state index is -0.165. The SMILES string of the molecule is C[C@@H]1CCC[C@@H](C)N1C(=O)Cn1cc(C(=O)c2ccco2)c2ccccc21. The largest absolute Gasteiger partial charge is 0.461 e. The van der Waals surface area contributed by atoms with E-state index in [0.29, 0.717) is 11.3 Å². The molecule has 0 saturated carbocycles. The Morgan fingerprint density at radius 3 is 2.52 bits per heavy atom. The van der Waals surface area contributed by atoms with Gasteiger partial charge < -0.3 is 13.9 Å². The lowest BCUT2D eigenvalue weighted by Crippen LogP contribution is -2.48. The summed E-state index contributed by atoms with van der Waals surface area (Å²) < 4.78 is 7.17. The Bertz CT molecular complexity index is 961. The van der Waals surface area contributed by atoms with Gasteiger partial charge in [0, 0.05) is 29.2 Å². The molecular formula is C22H24N2O3. The molecule has 0 unspecified atom stereocenters. The van der Waals surface area contributed by atoms with E-state index in [-0.39, 0.29) is 30.3 Å². The monoisotopic (exact) mass is 364 g/mol. The van der Waals surface area contributed by atoms with Crippen LogP contribution in [0, 0.1) is 0 Å². The van der Waals surface area contributed by atoms with E-state index in [1.165, 1.54) is 12.7 Å². The van der Waals surface area contributed by atoms with Crippen LogP contribution < -0.4 is 0 Å². The van der Waals surface area contributed by atoms with E-state index >= 15 is 0 Å². The first kappa shape index (κ1) is 17.6. The molecule has 5 heteroatoms. The Balaban J connectivity index is 1.68. The predicted octanol–water partition coefficient (Wildman–Crippen LogP) is 4.25. The molecule has 0 aliphatic carbocycles. The van der Waals surface area contributed by atoms with Gasteiger partial charge in [-0.2, -0.15) is 0 Å². The van der Waals surface area contributed by atoms with Gasteiger partial charge in [-0.05, 0) is 51.3 Å². The number of carbonyl (C=O) groups excluding carboxylic acids is 2. The number of furan rings is 1. The second-order valence-electron chi connectivity index (χ2n) is 7.42. The number of carbonyl (C=O) groups is 2. The molecule has 0 spiro atoms. The van der Waals surface area contributed by atoms with Crippen molar-refractivity contribution in [1.29, 1.82) is 0 Å². The van der Waals surface area contributed by atoms with Crippen LogP contribution in [0.1, 0.15) is 49.2 Å². The smallest absolute Gasteiger partial charge is 0.242 e. The average Bonchev–Trinajstić information content (AvgIpc) is 3.30. The molecule has 3 aromatic rings. The zero-order valence-electron chi connectivity index (χ0n) is 15.7. The lowest BCUT2D eigenvalue weighted by Gasteiger charge is -2.39. The molecule has 140 valence electrons. The maximum atomic E-state index is 13.0. The van der Waals surface area contributed by atoms with E-state index in [9.17, 15) is 9.59 Å². The van der Waals surface area contributed by atoms with Gasteiger partial charge in [0.25, 0.3) is 0 Å². The Kier molecular flexibility index (Phi) is 4.60. The van der Waals surface area contributed by atoms with Gasteiger partial charge in [-0.1, -0.05) is 18.2 Å². The molecule has 0 radical (unpaired) electrons. The number of rotatable bonds is 4. The Morgan fingerprint density at radius 2 is 1.81 bits per heavy atom. The van der Waals surface area contributed by atoms with Gasteiger partial charge in [0.1, 0.15) is 6.54 Å². The molecule has 3 heterocycles. The van der Waals surface area contributed by atoms with Gasteiger partial charge in [-0.25, -0.2) is 0 Å². The molecule has 1 amide bonds. The van der Waals surface area contributed by atoms with Crippen LogP contribution in [0.15, 0.2) is 53.3 Å². The van der Waals surface area contributed by atoms with Crippen LogP contribution in [0.2, 0.25) is 0 Å². The highest BCUT2D eigenvalue weighted by Gasteiger charge is 2.29. The summed E-state index contributed by atoms with van der Waals surface area (Å²) in [5.74, 6) is 0.247. The van der Waals surface area contributed by atoms with E-state index in [0.717, 1.165) is 23.7 Å². The summed E-state index contributed by atoms with van der Waals surface area (Å²) in [6, 6.07) is 11.6. The van der Waals surface area contributed by atoms with Crippen molar-refractivity contribution in [3.05, 3.63) is 60.2 Å². The summed E-state index contributed by atoms with van der Waals surface area (Å²) in [7, 11) is 0. The number of likely N-dealkylation sites (tertiary alicyclic amines) is 1. The third-order valence-corrected chi connectivity index (χ3v) is 5.57. The van der Waals surface area contributed by atoms with Crippen molar-refractivity contribution in [2.75, 3.05) is 0 Å². The second kappa shape index (κ2) is 7.06. The number of fused-ring (bicyclic) bond motifs is 1. The van der Waals surface area contributed by atoms with E-state index < -0.39 is 0 Å². The molecule has 27 heavy (non-hydrogen) atoms. The van der Waals surface area contributed by atoms with Gasteiger partial charge in [0.05, 0.1) is 11.8 Å². The van der Waals surface area contributed by atoms with Crippen molar-refractivity contribution in [2.24, 2.45) is 0 Å². The number of hydrogen-bond donors (Lipinski definition) is 0. The van der Waals surface area contributed by atoms with Crippen LogP contribution in [0.25, 0.3) is 10.9 Å². The number of para-hydroxylation sites is 1. The number of amides is 1. The van der Waals surface area contributed by atoms with Crippen LogP contribution in [0.3, 0.4) is 0 Å². The molecule has 0 N–H and O–H groups in total. The van der Waals surface area contributed by atoms with Gasteiger partial charge in [-0.3, -0.25) is 9.59 Å². The second-order valence-corrected chi connectivity index (χ2v) is 7.42. The lowest BCUT2D eigenvalue weighted by molar-refractivity contribution is -0.137. The molecule has 0 bridgehead atoms. The fourth-order valence-corrected chi connectivity index (χ4v) is 4.24. The highest BCUT2D eigenvalue weighted by molar-refractivity contribution is 6.15. The number of aromatic nitrogens is 1. The van der Waals surface area contributed by atoms with Crippen LogP contribution >= 0.6 is 0 Å². The molecule has 1 fully saturated rings. The summed E-state index contributed by atoms with van der Waals surface area (Å²) in [4.78, 5) is 27.9. The molecular weight excluding hydrogens is 340 g/mol. The van der Waals surface area contributed by atoms with Gasteiger partial charge in [-0.15, -0.1) is 0 Å². The average molecular weight is 364 g/mol. The van der Waals surface area contributed by atoms with E-state index in [4.69, 9.17) is 4.42 Å². The molecule has 1 aliphatic rings. The van der Waals surface area contributed by atoms with Gasteiger partial charge in [0.15, 0.2) is 5.76 Å². The first-order chi connectivity index (χ1) is 13.1. The van der Waals surface area contributed by atoms with Crippen LogP contribution in [0.5, 0.6) is 0 Å². The van der Waals surface area contributed by atoms with Crippen LogP contribution in [-0.2, 0) is 11.3 Å². The fraction of sp³-hybridized carbons (Fsp3) is 0.364.